The maximum Gasteiger partial charge on any atom is 0.238 e. The lowest BCUT2D eigenvalue weighted by Gasteiger charge is -2.07. The predicted molar refractivity (Wildman–Crippen MR) is 210 cm³/mol. The van der Waals surface area contributed by atoms with Crippen LogP contribution in [0.15, 0.2) is 164 Å². The monoisotopic (exact) mass is 638 g/mol. The molecule has 0 unspecified atom stereocenters. The first-order valence-corrected chi connectivity index (χ1v) is 16.9. The van der Waals surface area contributed by atoms with Crippen molar-refractivity contribution >= 4 is 87.0 Å². The second kappa shape index (κ2) is 11.2. The van der Waals surface area contributed by atoms with E-state index in [1.165, 1.54) is 37.9 Å². The number of benzene rings is 7. The van der Waals surface area contributed by atoms with E-state index in [-0.39, 0.29) is 0 Å². The third kappa shape index (κ3) is 4.73. The Hall–Kier alpha value is -6.65. The molecule has 4 nitrogen and oxygen atoms in total. The Morgan fingerprint density at radius 3 is 1.22 bits per heavy atom. The summed E-state index contributed by atoms with van der Waals surface area (Å²) in [5.41, 5.74) is 4.59. The van der Waals surface area contributed by atoms with Crippen molar-refractivity contribution in [3.8, 4) is 5.95 Å². The lowest BCUT2D eigenvalue weighted by molar-refractivity contribution is 1.00. The third-order valence-corrected chi connectivity index (χ3v) is 9.81. The van der Waals surface area contributed by atoms with Gasteiger partial charge < -0.3 is 0 Å². The van der Waals surface area contributed by atoms with Gasteiger partial charge in [0.15, 0.2) is 11.3 Å². The highest BCUT2D eigenvalue weighted by molar-refractivity contribution is 6.09. The maximum absolute atomic E-state index is 5.22. The summed E-state index contributed by atoms with van der Waals surface area (Å²) in [6.07, 6.45) is 0. The molecule has 10 aromatic rings. The summed E-state index contributed by atoms with van der Waals surface area (Å²) in [7, 11) is 0. The van der Waals surface area contributed by atoms with Crippen molar-refractivity contribution in [3.05, 3.63) is 169 Å². The SMILES string of the molecule is Cc1ccc2c(c1)c1ccccc1n2-c1nc2nc(n1)c1cccc(c1)c1cccc(c1)c1cccc(c1)c1cccc(c1)c1cccc2c1. The molecule has 4 heteroatoms. The van der Waals surface area contributed by atoms with Crippen LogP contribution in [0.4, 0.5) is 0 Å². The second-order valence-corrected chi connectivity index (χ2v) is 13.1. The summed E-state index contributed by atoms with van der Waals surface area (Å²) in [5, 5.41) is 13.4. The maximum atomic E-state index is 5.22. The molecule has 10 rings (SSSR count). The first kappa shape index (κ1) is 28.4. The number of rotatable bonds is 1. The van der Waals surface area contributed by atoms with Crippen LogP contribution in [0.2, 0.25) is 0 Å². The number of hydrogen-bond acceptors (Lipinski definition) is 3. The molecule has 3 aromatic heterocycles. The third-order valence-electron chi connectivity index (χ3n) is 9.81. The van der Waals surface area contributed by atoms with Crippen molar-refractivity contribution in [3.63, 3.8) is 0 Å². The zero-order chi connectivity index (χ0) is 33.2. The number of nitrogens with zero attached hydrogens (tertiary/aromatic N) is 4. The molecule has 234 valence electrons. The smallest absolute Gasteiger partial charge is 0.238 e. The Bertz CT molecular complexity index is 2980. The van der Waals surface area contributed by atoms with E-state index in [1.54, 1.807) is 0 Å². The number of fused-ring (bicyclic) bond motifs is 21. The lowest BCUT2D eigenvalue weighted by atomic mass is 10.0. The highest BCUT2D eigenvalue weighted by atomic mass is 15.2. The average Bonchev–Trinajstić information content (AvgIpc) is 3.51. The standard InChI is InChI=1S/C46H30N4/c1-29-21-22-43-41(23-29)40-19-2-3-20-42(40)50(43)46-48-44-38-17-7-15-36(27-38)34-13-5-11-32(25-34)30-9-4-10-31(24-30)33-12-6-14-35(26-33)37-16-8-18-39(28-37)45(47-44)49-46/h2-28H,1H3. The van der Waals surface area contributed by atoms with Gasteiger partial charge in [0, 0.05) is 21.5 Å². The molecule has 0 spiro atoms. The van der Waals surface area contributed by atoms with Crippen LogP contribution in [0, 0.1) is 6.92 Å². The van der Waals surface area contributed by atoms with E-state index in [9.17, 15) is 0 Å². The number of aryl methyl sites for hydroxylation is 1. The van der Waals surface area contributed by atoms with Crippen molar-refractivity contribution in [2.24, 2.45) is 0 Å². The minimum Gasteiger partial charge on any atom is -0.278 e. The number of aromatic nitrogens is 4. The Kier molecular flexibility index (Phi) is 6.36. The Labute approximate surface area is 287 Å². The summed E-state index contributed by atoms with van der Waals surface area (Å²) in [6.45, 7) is 2.13. The molecule has 12 bridgehead atoms. The van der Waals surface area contributed by atoms with Crippen LogP contribution in [0.1, 0.15) is 5.56 Å². The summed E-state index contributed by atoms with van der Waals surface area (Å²) in [6, 6.07) is 58.5. The summed E-state index contributed by atoms with van der Waals surface area (Å²) in [5.74, 6) is 0.591. The molecule has 0 saturated heterocycles. The predicted octanol–water partition coefficient (Wildman–Crippen LogP) is 11.9. The van der Waals surface area contributed by atoms with Gasteiger partial charge in [-0.15, -0.1) is 0 Å². The molecule has 0 aliphatic carbocycles. The fraction of sp³-hybridized carbons (Fsp3) is 0.0217. The molecule has 50 heavy (non-hydrogen) atoms. The van der Waals surface area contributed by atoms with Gasteiger partial charge in [-0.05, 0) is 98.5 Å². The van der Waals surface area contributed by atoms with Crippen molar-refractivity contribution in [2.75, 3.05) is 0 Å². The van der Waals surface area contributed by atoms with Crippen LogP contribution in [-0.2, 0) is 0 Å². The van der Waals surface area contributed by atoms with Gasteiger partial charge in [-0.1, -0.05) is 121 Å². The molecule has 0 amide bonds. The van der Waals surface area contributed by atoms with E-state index in [1.807, 2.05) is 0 Å². The van der Waals surface area contributed by atoms with Gasteiger partial charge in [0.25, 0.3) is 0 Å². The molecule has 0 aliphatic heterocycles. The van der Waals surface area contributed by atoms with Gasteiger partial charge in [-0.25, -0.2) is 4.98 Å². The largest absolute Gasteiger partial charge is 0.278 e. The number of para-hydroxylation sites is 1. The first-order chi connectivity index (χ1) is 24.6. The summed E-state index contributed by atoms with van der Waals surface area (Å²) >= 11 is 0. The minimum absolute atomic E-state index is 0.591. The fourth-order valence-corrected chi connectivity index (χ4v) is 7.34. The van der Waals surface area contributed by atoms with Crippen LogP contribution in [0.5, 0.6) is 0 Å². The molecule has 7 aromatic carbocycles. The van der Waals surface area contributed by atoms with Gasteiger partial charge >= 0.3 is 0 Å². The highest BCUT2D eigenvalue weighted by Gasteiger charge is 2.15. The van der Waals surface area contributed by atoms with Crippen molar-refractivity contribution in [2.45, 2.75) is 6.92 Å². The molecule has 0 atom stereocenters. The molecule has 3 heterocycles. The normalized spacial score (nSPS) is 11.7. The molecule has 0 fully saturated rings. The quantitative estimate of drug-likeness (QED) is 0.180. The molecule has 0 aliphatic rings. The van der Waals surface area contributed by atoms with Gasteiger partial charge in [0.05, 0.1) is 11.0 Å². The van der Waals surface area contributed by atoms with Crippen LogP contribution < -0.4 is 0 Å². The van der Waals surface area contributed by atoms with E-state index in [0.29, 0.717) is 17.2 Å². The topological polar surface area (TPSA) is 43.6 Å². The van der Waals surface area contributed by atoms with E-state index in [4.69, 9.17) is 15.0 Å². The summed E-state index contributed by atoms with van der Waals surface area (Å²) in [4.78, 5) is 15.6. The molecule has 0 N–H and O–H groups in total. The van der Waals surface area contributed by atoms with Crippen molar-refractivity contribution in [1.29, 1.82) is 0 Å². The average molecular weight is 639 g/mol. The van der Waals surface area contributed by atoms with Gasteiger partial charge in [-0.3, -0.25) is 4.57 Å². The van der Waals surface area contributed by atoms with Crippen LogP contribution >= 0.6 is 0 Å². The lowest BCUT2D eigenvalue weighted by Crippen LogP contribution is -2.03. The zero-order valence-electron chi connectivity index (χ0n) is 27.4. The van der Waals surface area contributed by atoms with E-state index in [0.717, 1.165) is 43.4 Å². The van der Waals surface area contributed by atoms with E-state index < -0.39 is 0 Å². The van der Waals surface area contributed by atoms with Gasteiger partial charge in [-0.2, -0.15) is 9.97 Å². The van der Waals surface area contributed by atoms with E-state index >= 15 is 0 Å². The Morgan fingerprint density at radius 2 is 0.740 bits per heavy atom. The van der Waals surface area contributed by atoms with Crippen LogP contribution in [-0.4, -0.2) is 19.5 Å². The van der Waals surface area contributed by atoms with E-state index in [2.05, 4.69) is 175 Å². The van der Waals surface area contributed by atoms with Gasteiger partial charge in [0.1, 0.15) is 0 Å². The fourth-order valence-electron chi connectivity index (χ4n) is 7.34. The minimum atomic E-state index is 0.591. The van der Waals surface area contributed by atoms with Crippen molar-refractivity contribution in [1.82, 2.24) is 19.5 Å². The highest BCUT2D eigenvalue weighted by Crippen LogP contribution is 2.32. The molecule has 0 radical (unpaired) electrons. The first-order valence-electron chi connectivity index (χ1n) is 16.9. The van der Waals surface area contributed by atoms with Crippen molar-refractivity contribution < 1.29 is 0 Å². The van der Waals surface area contributed by atoms with Gasteiger partial charge in [0.2, 0.25) is 5.95 Å². The van der Waals surface area contributed by atoms with Crippen LogP contribution in [0.3, 0.4) is 0 Å². The molecular formula is C46H30N4. The zero-order valence-corrected chi connectivity index (χ0v) is 27.4. The van der Waals surface area contributed by atoms with Crippen LogP contribution in [0.25, 0.3) is 92.9 Å². The Morgan fingerprint density at radius 1 is 0.340 bits per heavy atom. The molecular weight excluding hydrogens is 609 g/mol. The summed E-state index contributed by atoms with van der Waals surface area (Å²) < 4.78 is 2.18. The molecule has 0 saturated carbocycles. The second-order valence-electron chi connectivity index (χ2n) is 13.1. The number of hydrogen-bond donors (Lipinski definition) is 0. The Balaban J connectivity index is 1.40.